The highest BCUT2D eigenvalue weighted by atomic mass is 16.3. The van der Waals surface area contributed by atoms with E-state index in [1.54, 1.807) is 6.20 Å². The topological polar surface area (TPSA) is 52.8 Å². The van der Waals surface area contributed by atoms with Crippen LogP contribution < -0.4 is 0 Å². The zero-order chi connectivity index (χ0) is 9.90. The van der Waals surface area contributed by atoms with Crippen molar-refractivity contribution in [2.75, 3.05) is 0 Å². The normalized spacial score (nSPS) is 30.0. The molecule has 4 heteroatoms. The van der Waals surface area contributed by atoms with Gasteiger partial charge in [0.25, 0.3) is 0 Å². The zero-order valence-electron chi connectivity index (χ0n) is 7.24. The molecule has 1 aliphatic heterocycles. The monoisotopic (exact) mass is 181 g/mol. The van der Waals surface area contributed by atoms with Gasteiger partial charge in [-0.3, -0.25) is 0 Å². The molecule has 0 saturated carbocycles. The molecule has 1 aliphatic rings. The molecule has 0 radical (unpaired) electrons. The van der Waals surface area contributed by atoms with Crippen LogP contribution in [0.15, 0.2) is 42.7 Å². The predicted molar refractivity (Wildman–Crippen MR) is 50.3 cm³/mol. The van der Waals surface area contributed by atoms with Crippen molar-refractivity contribution in [1.29, 1.82) is 0 Å². The Bertz CT molecular complexity index is 243. The summed E-state index contributed by atoms with van der Waals surface area (Å²) in [7, 11) is 0. The van der Waals surface area contributed by atoms with E-state index in [1.165, 1.54) is 24.7 Å². The first kappa shape index (κ1) is 9.85. The molecule has 0 bridgehead atoms. The maximum Gasteiger partial charge on any atom is 0.222 e. The second kappa shape index (κ2) is 3.66. The summed E-state index contributed by atoms with van der Waals surface area (Å²) in [5.74, 6) is 0. The Balaban J connectivity index is 3.01. The van der Waals surface area contributed by atoms with Crippen LogP contribution in [0.1, 0.15) is 0 Å². The quantitative estimate of drug-likeness (QED) is 0.485. The molecule has 4 nitrogen and oxygen atoms in total. The minimum Gasteiger partial charge on any atom is -0.341 e. The zero-order valence-corrected chi connectivity index (χ0v) is 7.24. The molecule has 0 aromatic heterocycles. The summed E-state index contributed by atoms with van der Waals surface area (Å²) < 4.78 is -0.188. The van der Waals surface area contributed by atoms with Crippen LogP contribution in [0.25, 0.3) is 0 Å². The molecule has 0 spiro atoms. The first-order chi connectivity index (χ1) is 6.17. The van der Waals surface area contributed by atoms with E-state index in [4.69, 9.17) is 0 Å². The van der Waals surface area contributed by atoms with Gasteiger partial charge < -0.3 is 10.2 Å². The minimum atomic E-state index is -0.921. The highest BCUT2D eigenvalue weighted by Crippen LogP contribution is 2.20. The lowest BCUT2D eigenvalue weighted by Crippen LogP contribution is -2.54. The van der Waals surface area contributed by atoms with Crippen LogP contribution >= 0.6 is 0 Å². The van der Waals surface area contributed by atoms with Crippen molar-refractivity contribution >= 4 is 6.34 Å². The van der Waals surface area contributed by atoms with Crippen molar-refractivity contribution < 1.29 is 14.7 Å². The highest BCUT2D eigenvalue weighted by molar-refractivity contribution is 5.51. The summed E-state index contributed by atoms with van der Waals surface area (Å²) in [5.41, 5.74) is 0. The molecule has 0 saturated heterocycles. The Morgan fingerprint density at radius 3 is 2.08 bits per heavy atom. The molecule has 0 amide bonds. The van der Waals surface area contributed by atoms with Gasteiger partial charge in [-0.25, -0.2) is 4.99 Å². The number of aliphatic hydroxyl groups excluding tert-OH is 2. The number of quaternary nitrogens is 1. The number of aliphatic imine (C=N–C) groups is 1. The van der Waals surface area contributed by atoms with Gasteiger partial charge in [-0.1, -0.05) is 13.2 Å². The van der Waals surface area contributed by atoms with Crippen molar-refractivity contribution in [3.63, 3.8) is 0 Å². The van der Waals surface area contributed by atoms with E-state index in [0.29, 0.717) is 0 Å². The third kappa shape index (κ3) is 1.47. The average molecular weight is 181 g/mol. The van der Waals surface area contributed by atoms with E-state index < -0.39 is 12.5 Å². The fourth-order valence-electron chi connectivity index (χ4n) is 1.18. The number of nitrogens with zero attached hydrogens (tertiary/aromatic N) is 2. The Hall–Kier alpha value is -1.23. The van der Waals surface area contributed by atoms with Crippen LogP contribution in [0.5, 0.6) is 0 Å². The standard InChI is InChI=1S/C9H13N2O2/c1-3-8(12)11(9(13)4-2)6-5-10-7-11/h3-9,12-13H,1-2H2/q+1. The summed E-state index contributed by atoms with van der Waals surface area (Å²) >= 11 is 0. The fraction of sp³-hybridized carbons (Fsp3) is 0.222. The fourth-order valence-corrected chi connectivity index (χ4v) is 1.18. The van der Waals surface area contributed by atoms with Crippen molar-refractivity contribution in [2.45, 2.75) is 12.5 Å². The van der Waals surface area contributed by atoms with E-state index in [-0.39, 0.29) is 4.48 Å². The van der Waals surface area contributed by atoms with Crippen LogP contribution in [0.2, 0.25) is 0 Å². The second-order valence-corrected chi connectivity index (χ2v) is 2.76. The highest BCUT2D eigenvalue weighted by Gasteiger charge is 2.38. The van der Waals surface area contributed by atoms with Gasteiger partial charge in [0.2, 0.25) is 12.5 Å². The first-order valence-electron chi connectivity index (χ1n) is 3.88. The minimum absolute atomic E-state index is 0.188. The van der Waals surface area contributed by atoms with Crippen LogP contribution in [0, 0.1) is 0 Å². The molecule has 0 aromatic carbocycles. The summed E-state index contributed by atoms with van der Waals surface area (Å²) in [5, 5.41) is 19.2. The smallest absolute Gasteiger partial charge is 0.222 e. The Morgan fingerprint density at radius 1 is 1.23 bits per heavy atom. The van der Waals surface area contributed by atoms with Gasteiger partial charge in [0.15, 0.2) is 6.34 Å². The van der Waals surface area contributed by atoms with E-state index >= 15 is 0 Å². The lowest BCUT2D eigenvalue weighted by Gasteiger charge is -2.33. The van der Waals surface area contributed by atoms with Gasteiger partial charge >= 0.3 is 0 Å². The van der Waals surface area contributed by atoms with Crippen LogP contribution in [0.4, 0.5) is 0 Å². The van der Waals surface area contributed by atoms with Crippen LogP contribution in [-0.2, 0) is 0 Å². The number of hydrogen-bond acceptors (Lipinski definition) is 3. The lowest BCUT2D eigenvalue weighted by atomic mass is 10.3. The van der Waals surface area contributed by atoms with Crippen LogP contribution in [-0.4, -0.2) is 33.5 Å². The van der Waals surface area contributed by atoms with E-state index in [2.05, 4.69) is 18.2 Å². The van der Waals surface area contributed by atoms with Crippen molar-refractivity contribution in [3.05, 3.63) is 37.7 Å². The molecule has 1 heterocycles. The maximum absolute atomic E-state index is 9.61. The van der Waals surface area contributed by atoms with E-state index in [9.17, 15) is 10.2 Å². The Morgan fingerprint density at radius 2 is 1.77 bits per heavy atom. The average Bonchev–Trinajstić information content (AvgIpc) is 2.65. The van der Waals surface area contributed by atoms with Gasteiger partial charge in [0, 0.05) is 0 Å². The summed E-state index contributed by atoms with van der Waals surface area (Å²) in [6.45, 7) is 6.92. The lowest BCUT2D eigenvalue weighted by molar-refractivity contribution is -0.867. The molecular weight excluding hydrogens is 168 g/mol. The molecular formula is C9H13N2O2+. The second-order valence-electron chi connectivity index (χ2n) is 2.76. The Labute approximate surface area is 77.0 Å². The van der Waals surface area contributed by atoms with Crippen molar-refractivity contribution in [1.82, 2.24) is 0 Å². The molecule has 0 aromatic rings. The van der Waals surface area contributed by atoms with Crippen molar-refractivity contribution in [2.24, 2.45) is 4.99 Å². The Kier molecular flexibility index (Phi) is 2.77. The summed E-state index contributed by atoms with van der Waals surface area (Å²) in [4.78, 5) is 3.83. The predicted octanol–water partition coefficient (Wildman–Crippen LogP) is 0.325. The van der Waals surface area contributed by atoms with Gasteiger partial charge in [0.1, 0.15) is 6.20 Å². The van der Waals surface area contributed by atoms with Crippen LogP contribution in [0.3, 0.4) is 0 Å². The molecule has 13 heavy (non-hydrogen) atoms. The van der Waals surface area contributed by atoms with Gasteiger partial charge in [-0.15, -0.1) is 0 Å². The first-order valence-corrected chi connectivity index (χ1v) is 3.88. The van der Waals surface area contributed by atoms with Gasteiger partial charge in [-0.05, 0) is 12.2 Å². The third-order valence-electron chi connectivity index (χ3n) is 2.02. The van der Waals surface area contributed by atoms with E-state index in [0.717, 1.165) is 0 Å². The SMILES string of the molecule is C=CC(O)[N+]1(C(O)C=C)C=CN=C1. The third-order valence-corrected chi connectivity index (χ3v) is 2.02. The molecule has 2 atom stereocenters. The molecule has 2 unspecified atom stereocenters. The summed E-state index contributed by atoms with van der Waals surface area (Å²) in [6.07, 6.45) is 5.38. The van der Waals surface area contributed by atoms with Crippen molar-refractivity contribution in [3.8, 4) is 0 Å². The summed E-state index contributed by atoms with van der Waals surface area (Å²) in [6, 6.07) is 0. The number of aliphatic hydroxyl groups is 2. The molecule has 0 fully saturated rings. The van der Waals surface area contributed by atoms with Gasteiger partial charge in [-0.2, -0.15) is 4.48 Å². The largest absolute Gasteiger partial charge is 0.341 e. The molecule has 1 rings (SSSR count). The number of rotatable bonds is 4. The molecule has 70 valence electrons. The molecule has 2 N–H and O–H groups in total. The van der Waals surface area contributed by atoms with E-state index in [1.807, 2.05) is 0 Å². The van der Waals surface area contributed by atoms with Gasteiger partial charge in [0.05, 0.1) is 6.20 Å². The number of hydrogen-bond donors (Lipinski definition) is 2. The maximum atomic E-state index is 9.61. The molecule has 0 aliphatic carbocycles.